The van der Waals surface area contributed by atoms with Crippen molar-refractivity contribution in [2.75, 3.05) is 20.5 Å². The molecular weight excluding hydrogens is 324 g/mol. The molecule has 0 aliphatic carbocycles. The van der Waals surface area contributed by atoms with Gasteiger partial charge in [0.1, 0.15) is 22.3 Å². The maximum atomic E-state index is 5.91. The number of para-hydroxylation sites is 1. The number of ether oxygens (including phenoxy) is 2. The molecule has 0 radical (unpaired) electrons. The van der Waals surface area contributed by atoms with Crippen LogP contribution in [-0.2, 0) is 0 Å². The van der Waals surface area contributed by atoms with Crippen molar-refractivity contribution >= 4 is 34.7 Å². The van der Waals surface area contributed by atoms with Crippen LogP contribution >= 0.6 is 23.4 Å². The number of imidazole rings is 1. The fourth-order valence-corrected chi connectivity index (χ4v) is 2.87. The summed E-state index contributed by atoms with van der Waals surface area (Å²) in [5.74, 6) is 1.32. The molecule has 0 amide bonds. The van der Waals surface area contributed by atoms with E-state index in [-0.39, 0.29) is 0 Å². The van der Waals surface area contributed by atoms with Gasteiger partial charge in [0.05, 0.1) is 20.4 Å². The first-order valence-corrected chi connectivity index (χ1v) is 7.96. The van der Waals surface area contributed by atoms with E-state index in [9.17, 15) is 0 Å². The van der Waals surface area contributed by atoms with Crippen molar-refractivity contribution in [3.63, 3.8) is 0 Å². The fraction of sp³-hybridized carbons (Fsp3) is 0.214. The van der Waals surface area contributed by atoms with E-state index in [0.717, 1.165) is 10.8 Å². The third-order valence-corrected chi connectivity index (χ3v) is 3.94. The minimum absolute atomic E-state index is 0.303. The minimum Gasteiger partial charge on any atom is -0.494 e. The molecule has 3 rings (SSSR count). The maximum Gasteiger partial charge on any atom is 0.200 e. The standard InChI is InChI=1S/C14H13ClN4O2S/c1-20-8-5-4-6-9(21-2)11(8)19-13-12(18-14(19)22-3)17-10(15)7-16-13/h4-7H,1-3H3. The van der Waals surface area contributed by atoms with Gasteiger partial charge in [-0.15, -0.1) is 0 Å². The van der Waals surface area contributed by atoms with Gasteiger partial charge in [0.25, 0.3) is 0 Å². The van der Waals surface area contributed by atoms with Crippen LogP contribution in [-0.4, -0.2) is 40.0 Å². The van der Waals surface area contributed by atoms with Gasteiger partial charge in [-0.05, 0) is 18.4 Å². The van der Waals surface area contributed by atoms with Gasteiger partial charge in [0.15, 0.2) is 16.5 Å². The molecule has 0 saturated heterocycles. The molecule has 0 spiro atoms. The molecule has 0 saturated carbocycles. The summed E-state index contributed by atoms with van der Waals surface area (Å²) in [4.78, 5) is 13.1. The summed E-state index contributed by atoms with van der Waals surface area (Å²) in [6.07, 6.45) is 3.43. The van der Waals surface area contributed by atoms with Crippen LogP contribution in [0.2, 0.25) is 5.15 Å². The van der Waals surface area contributed by atoms with Gasteiger partial charge in [-0.25, -0.2) is 15.0 Å². The molecule has 8 heteroatoms. The van der Waals surface area contributed by atoms with Gasteiger partial charge in [0, 0.05) is 0 Å². The van der Waals surface area contributed by atoms with Gasteiger partial charge < -0.3 is 9.47 Å². The van der Waals surface area contributed by atoms with E-state index in [4.69, 9.17) is 21.1 Å². The molecule has 0 fully saturated rings. The van der Waals surface area contributed by atoms with Crippen LogP contribution in [0.5, 0.6) is 11.5 Å². The van der Waals surface area contributed by atoms with E-state index < -0.39 is 0 Å². The summed E-state index contributed by atoms with van der Waals surface area (Å²) in [7, 11) is 3.22. The number of hydrogen-bond donors (Lipinski definition) is 0. The van der Waals surface area contributed by atoms with E-state index in [1.165, 1.54) is 18.0 Å². The van der Waals surface area contributed by atoms with Crippen LogP contribution in [0.15, 0.2) is 29.6 Å². The zero-order valence-corrected chi connectivity index (χ0v) is 13.8. The van der Waals surface area contributed by atoms with Gasteiger partial charge in [-0.3, -0.25) is 4.57 Å². The smallest absolute Gasteiger partial charge is 0.200 e. The van der Waals surface area contributed by atoms with E-state index in [1.54, 1.807) is 14.2 Å². The number of nitrogens with zero attached hydrogens (tertiary/aromatic N) is 4. The van der Waals surface area contributed by atoms with Crippen molar-refractivity contribution in [3.8, 4) is 17.2 Å². The lowest BCUT2D eigenvalue weighted by atomic mass is 10.2. The Kier molecular flexibility index (Phi) is 4.08. The molecule has 2 aromatic heterocycles. The number of hydrogen-bond acceptors (Lipinski definition) is 6. The van der Waals surface area contributed by atoms with E-state index in [0.29, 0.717) is 27.9 Å². The Morgan fingerprint density at radius 2 is 1.82 bits per heavy atom. The first-order chi connectivity index (χ1) is 10.7. The van der Waals surface area contributed by atoms with Crippen molar-refractivity contribution in [3.05, 3.63) is 29.5 Å². The molecule has 0 aliphatic rings. The largest absolute Gasteiger partial charge is 0.494 e. The van der Waals surface area contributed by atoms with Crippen molar-refractivity contribution in [1.82, 2.24) is 19.5 Å². The lowest BCUT2D eigenvalue weighted by Crippen LogP contribution is -2.03. The quantitative estimate of drug-likeness (QED) is 0.682. The molecule has 6 nitrogen and oxygen atoms in total. The topological polar surface area (TPSA) is 62.1 Å². The van der Waals surface area contributed by atoms with Crippen LogP contribution in [0.3, 0.4) is 0 Å². The fourth-order valence-electron chi connectivity index (χ4n) is 2.21. The summed E-state index contributed by atoms with van der Waals surface area (Å²) in [6, 6.07) is 5.58. The highest BCUT2D eigenvalue weighted by Crippen LogP contribution is 2.37. The number of aromatic nitrogens is 4. The molecule has 0 aliphatic heterocycles. The van der Waals surface area contributed by atoms with Crippen LogP contribution < -0.4 is 9.47 Å². The van der Waals surface area contributed by atoms with E-state index in [1.807, 2.05) is 29.0 Å². The molecule has 22 heavy (non-hydrogen) atoms. The Bertz CT molecular complexity index is 815. The average Bonchev–Trinajstić information content (AvgIpc) is 2.90. The predicted molar refractivity (Wildman–Crippen MR) is 86.6 cm³/mol. The van der Waals surface area contributed by atoms with Crippen molar-refractivity contribution in [1.29, 1.82) is 0 Å². The zero-order valence-electron chi connectivity index (χ0n) is 12.2. The third kappa shape index (κ3) is 2.36. The first kappa shape index (κ1) is 14.9. The second-order valence-corrected chi connectivity index (χ2v) is 5.45. The molecule has 1 aromatic carbocycles. The summed E-state index contributed by atoms with van der Waals surface area (Å²) in [5.41, 5.74) is 1.80. The maximum absolute atomic E-state index is 5.91. The Morgan fingerprint density at radius 3 is 2.41 bits per heavy atom. The van der Waals surface area contributed by atoms with E-state index >= 15 is 0 Å². The number of fused-ring (bicyclic) bond motifs is 1. The molecule has 0 N–H and O–H groups in total. The molecule has 0 atom stereocenters. The van der Waals surface area contributed by atoms with Gasteiger partial charge >= 0.3 is 0 Å². The number of benzene rings is 1. The lowest BCUT2D eigenvalue weighted by molar-refractivity contribution is 0.390. The Morgan fingerprint density at radius 1 is 1.14 bits per heavy atom. The SMILES string of the molecule is COc1cccc(OC)c1-n1c(SC)nc2nc(Cl)cnc21. The molecule has 0 unspecified atom stereocenters. The number of thioether (sulfide) groups is 1. The highest BCUT2D eigenvalue weighted by atomic mass is 35.5. The lowest BCUT2D eigenvalue weighted by Gasteiger charge is -2.15. The van der Waals surface area contributed by atoms with Crippen LogP contribution in [0, 0.1) is 0 Å². The Balaban J connectivity index is 2.39. The Hall–Kier alpha value is -1.99. The summed E-state index contributed by atoms with van der Waals surface area (Å²) < 4.78 is 12.8. The number of halogens is 1. The number of rotatable bonds is 4. The molecule has 114 valence electrons. The Labute approximate surface area is 136 Å². The second-order valence-electron chi connectivity index (χ2n) is 4.28. The summed E-state index contributed by atoms with van der Waals surface area (Å²) in [6.45, 7) is 0. The number of methoxy groups -OCH3 is 2. The van der Waals surface area contributed by atoms with E-state index in [2.05, 4.69) is 15.0 Å². The molecule has 0 bridgehead atoms. The summed E-state index contributed by atoms with van der Waals surface area (Å²) in [5, 5.41) is 1.02. The highest BCUT2D eigenvalue weighted by Gasteiger charge is 2.21. The van der Waals surface area contributed by atoms with Crippen molar-refractivity contribution in [2.45, 2.75) is 5.16 Å². The van der Waals surface area contributed by atoms with Gasteiger partial charge in [-0.1, -0.05) is 29.4 Å². The van der Waals surface area contributed by atoms with Crippen LogP contribution in [0.25, 0.3) is 17.0 Å². The van der Waals surface area contributed by atoms with Crippen molar-refractivity contribution < 1.29 is 9.47 Å². The minimum atomic E-state index is 0.303. The monoisotopic (exact) mass is 336 g/mol. The second kappa shape index (κ2) is 6.02. The van der Waals surface area contributed by atoms with Gasteiger partial charge in [-0.2, -0.15) is 0 Å². The predicted octanol–water partition coefficient (Wildman–Crippen LogP) is 3.21. The van der Waals surface area contributed by atoms with Gasteiger partial charge in [0.2, 0.25) is 0 Å². The molecule has 2 heterocycles. The zero-order chi connectivity index (χ0) is 15.7. The average molecular weight is 337 g/mol. The highest BCUT2D eigenvalue weighted by molar-refractivity contribution is 7.98. The van der Waals surface area contributed by atoms with Crippen molar-refractivity contribution in [2.24, 2.45) is 0 Å². The third-order valence-electron chi connectivity index (χ3n) is 3.12. The van der Waals surface area contributed by atoms with Crippen LogP contribution in [0.1, 0.15) is 0 Å². The normalized spacial score (nSPS) is 10.9. The van der Waals surface area contributed by atoms with Crippen LogP contribution in [0.4, 0.5) is 0 Å². The summed E-state index contributed by atoms with van der Waals surface area (Å²) >= 11 is 7.39. The first-order valence-electron chi connectivity index (χ1n) is 6.36. The molecule has 3 aromatic rings. The molecular formula is C14H13ClN4O2S.